The maximum absolute atomic E-state index is 12.1. The van der Waals surface area contributed by atoms with Crippen molar-refractivity contribution in [3.8, 4) is 0 Å². The van der Waals surface area contributed by atoms with Crippen molar-refractivity contribution in [2.45, 2.75) is 59.5 Å². The average Bonchev–Trinajstić information content (AvgIpc) is 2.61. The summed E-state index contributed by atoms with van der Waals surface area (Å²) in [5.74, 6) is 0.256. The monoisotopic (exact) mass is 226 g/mol. The van der Waals surface area contributed by atoms with Crippen molar-refractivity contribution in [1.29, 1.82) is 0 Å². The van der Waals surface area contributed by atoms with Crippen LogP contribution in [-0.4, -0.2) is 36.0 Å². The zero-order valence-electron chi connectivity index (χ0n) is 11.3. The maximum Gasteiger partial charge on any atom is 0.236 e. The Labute approximate surface area is 99.6 Å². The van der Waals surface area contributed by atoms with Crippen molar-refractivity contribution < 1.29 is 4.79 Å². The van der Waals surface area contributed by atoms with Crippen molar-refractivity contribution in [2.75, 3.05) is 13.1 Å². The van der Waals surface area contributed by atoms with E-state index < -0.39 is 0 Å². The molecule has 0 bridgehead atoms. The lowest BCUT2D eigenvalue weighted by Crippen LogP contribution is -2.47. The van der Waals surface area contributed by atoms with Gasteiger partial charge in [-0.05, 0) is 18.3 Å². The first kappa shape index (κ1) is 13.5. The predicted molar refractivity (Wildman–Crippen MR) is 67.3 cm³/mol. The van der Waals surface area contributed by atoms with Gasteiger partial charge < -0.3 is 10.2 Å². The van der Waals surface area contributed by atoms with Gasteiger partial charge in [-0.25, -0.2) is 0 Å². The molecule has 0 spiro atoms. The molecule has 0 aromatic rings. The number of hydrogen-bond acceptors (Lipinski definition) is 2. The minimum absolute atomic E-state index is 0.198. The van der Waals surface area contributed by atoms with Gasteiger partial charge in [0, 0.05) is 18.6 Å². The number of likely N-dealkylation sites (tertiary alicyclic amines) is 1. The van der Waals surface area contributed by atoms with Crippen LogP contribution in [0.5, 0.6) is 0 Å². The smallest absolute Gasteiger partial charge is 0.236 e. The third kappa shape index (κ3) is 3.48. The molecule has 0 aliphatic carbocycles. The molecule has 16 heavy (non-hydrogen) atoms. The maximum atomic E-state index is 12.1. The molecule has 3 nitrogen and oxygen atoms in total. The van der Waals surface area contributed by atoms with E-state index in [1.165, 1.54) is 0 Å². The average molecular weight is 226 g/mol. The minimum Gasteiger partial charge on any atom is -0.338 e. The molecule has 94 valence electrons. The molecule has 3 heteroatoms. The van der Waals surface area contributed by atoms with Crippen LogP contribution in [-0.2, 0) is 4.79 Å². The van der Waals surface area contributed by atoms with Crippen LogP contribution >= 0.6 is 0 Å². The Morgan fingerprint density at radius 1 is 1.44 bits per heavy atom. The largest absolute Gasteiger partial charge is 0.338 e. The molecule has 1 aliphatic rings. The summed E-state index contributed by atoms with van der Waals surface area (Å²) in [4.78, 5) is 14.1. The van der Waals surface area contributed by atoms with Gasteiger partial charge in [-0.3, -0.25) is 4.79 Å². The van der Waals surface area contributed by atoms with Crippen LogP contribution in [0.3, 0.4) is 0 Å². The molecule has 1 aliphatic heterocycles. The number of carbonyl (C=O) groups excluding carboxylic acids is 1. The molecular weight excluding hydrogens is 200 g/mol. The lowest BCUT2D eigenvalue weighted by molar-refractivity contribution is -0.133. The van der Waals surface area contributed by atoms with Gasteiger partial charge in [0.05, 0.1) is 6.54 Å². The first-order valence-electron chi connectivity index (χ1n) is 6.35. The van der Waals surface area contributed by atoms with Gasteiger partial charge in [0.1, 0.15) is 0 Å². The van der Waals surface area contributed by atoms with Crippen LogP contribution in [0.15, 0.2) is 0 Å². The predicted octanol–water partition coefficient (Wildman–Crippen LogP) is 2.02. The van der Waals surface area contributed by atoms with E-state index in [0.29, 0.717) is 18.6 Å². The molecular formula is C13H26N2O. The standard InChI is InChI=1S/C13H26N2O/c1-10(2)14-9-12(16)15-8-6-7-11(15)13(3,4)5/h10-11,14H,6-9H2,1-5H3. The van der Waals surface area contributed by atoms with E-state index in [1.807, 2.05) is 0 Å². The number of nitrogens with zero attached hydrogens (tertiary/aromatic N) is 1. The third-order valence-corrected chi connectivity index (χ3v) is 3.23. The number of carbonyl (C=O) groups is 1. The Hall–Kier alpha value is -0.570. The Balaban J connectivity index is 2.55. The third-order valence-electron chi connectivity index (χ3n) is 3.23. The topological polar surface area (TPSA) is 32.3 Å². The summed E-state index contributed by atoms with van der Waals surface area (Å²) in [6, 6.07) is 0.786. The first-order valence-corrected chi connectivity index (χ1v) is 6.35. The number of rotatable bonds is 3. The molecule has 1 atom stereocenters. The second-order valence-electron chi connectivity index (χ2n) is 6.15. The Kier molecular flexibility index (Phi) is 4.36. The van der Waals surface area contributed by atoms with Gasteiger partial charge in [-0.2, -0.15) is 0 Å². The summed E-state index contributed by atoms with van der Waals surface area (Å²) in [6.07, 6.45) is 2.30. The zero-order chi connectivity index (χ0) is 12.3. The zero-order valence-corrected chi connectivity index (χ0v) is 11.3. The molecule has 1 heterocycles. The Bertz CT molecular complexity index is 243. The molecule has 1 saturated heterocycles. The van der Waals surface area contributed by atoms with Crippen LogP contribution in [0.4, 0.5) is 0 Å². The van der Waals surface area contributed by atoms with Crippen LogP contribution in [0.25, 0.3) is 0 Å². The Morgan fingerprint density at radius 2 is 2.06 bits per heavy atom. The molecule has 1 amide bonds. The minimum atomic E-state index is 0.198. The SMILES string of the molecule is CC(C)NCC(=O)N1CCCC1C(C)(C)C. The van der Waals surface area contributed by atoms with Gasteiger partial charge in [-0.1, -0.05) is 34.6 Å². The van der Waals surface area contributed by atoms with E-state index >= 15 is 0 Å². The summed E-state index contributed by atoms with van der Waals surface area (Å²) in [5, 5.41) is 3.20. The van der Waals surface area contributed by atoms with E-state index in [2.05, 4.69) is 44.8 Å². The van der Waals surface area contributed by atoms with E-state index in [-0.39, 0.29) is 11.3 Å². The van der Waals surface area contributed by atoms with Gasteiger partial charge in [0.15, 0.2) is 0 Å². The highest BCUT2D eigenvalue weighted by Gasteiger charge is 2.36. The fourth-order valence-electron chi connectivity index (χ4n) is 2.36. The van der Waals surface area contributed by atoms with Crippen LogP contribution in [0, 0.1) is 5.41 Å². The molecule has 0 radical (unpaired) electrons. The summed E-state index contributed by atoms with van der Waals surface area (Å²) in [7, 11) is 0. The van der Waals surface area contributed by atoms with Gasteiger partial charge in [0.25, 0.3) is 0 Å². The molecule has 1 rings (SSSR count). The van der Waals surface area contributed by atoms with Crippen LogP contribution in [0.2, 0.25) is 0 Å². The van der Waals surface area contributed by atoms with E-state index in [0.717, 1.165) is 19.4 Å². The highest BCUT2D eigenvalue weighted by atomic mass is 16.2. The molecule has 1 N–H and O–H groups in total. The quantitative estimate of drug-likeness (QED) is 0.798. The van der Waals surface area contributed by atoms with Gasteiger partial charge in [-0.15, -0.1) is 0 Å². The lowest BCUT2D eigenvalue weighted by Gasteiger charge is -2.35. The van der Waals surface area contributed by atoms with E-state index in [1.54, 1.807) is 0 Å². The van der Waals surface area contributed by atoms with E-state index in [9.17, 15) is 4.79 Å². The molecule has 1 fully saturated rings. The second kappa shape index (κ2) is 5.17. The Morgan fingerprint density at radius 3 is 2.56 bits per heavy atom. The summed E-state index contributed by atoms with van der Waals surface area (Å²) in [5.41, 5.74) is 0.198. The van der Waals surface area contributed by atoms with E-state index in [4.69, 9.17) is 0 Å². The number of hydrogen-bond donors (Lipinski definition) is 1. The van der Waals surface area contributed by atoms with Crippen LogP contribution < -0.4 is 5.32 Å². The van der Waals surface area contributed by atoms with Crippen molar-refractivity contribution in [1.82, 2.24) is 10.2 Å². The lowest BCUT2D eigenvalue weighted by atomic mass is 9.85. The highest BCUT2D eigenvalue weighted by Crippen LogP contribution is 2.32. The first-order chi connectivity index (χ1) is 7.32. The molecule has 0 aromatic carbocycles. The molecule has 0 aromatic heterocycles. The fourth-order valence-corrected chi connectivity index (χ4v) is 2.36. The summed E-state index contributed by atoms with van der Waals surface area (Å²) >= 11 is 0. The van der Waals surface area contributed by atoms with Crippen LogP contribution in [0.1, 0.15) is 47.5 Å². The number of amides is 1. The molecule has 0 saturated carbocycles. The second-order valence-corrected chi connectivity index (χ2v) is 6.15. The van der Waals surface area contributed by atoms with Crippen molar-refractivity contribution in [3.63, 3.8) is 0 Å². The normalized spacial score (nSPS) is 21.9. The van der Waals surface area contributed by atoms with Gasteiger partial charge >= 0.3 is 0 Å². The fraction of sp³-hybridized carbons (Fsp3) is 0.923. The number of nitrogens with one attached hydrogen (secondary N) is 1. The van der Waals surface area contributed by atoms with Crippen molar-refractivity contribution in [3.05, 3.63) is 0 Å². The molecule has 1 unspecified atom stereocenters. The summed E-state index contributed by atoms with van der Waals surface area (Å²) < 4.78 is 0. The highest BCUT2D eigenvalue weighted by molar-refractivity contribution is 5.79. The van der Waals surface area contributed by atoms with Crippen molar-refractivity contribution in [2.24, 2.45) is 5.41 Å². The van der Waals surface area contributed by atoms with Gasteiger partial charge in [0.2, 0.25) is 5.91 Å². The summed E-state index contributed by atoms with van der Waals surface area (Å²) in [6.45, 7) is 12.2. The van der Waals surface area contributed by atoms with Crippen molar-refractivity contribution >= 4 is 5.91 Å².